The van der Waals surface area contributed by atoms with Gasteiger partial charge < -0.3 is 14.5 Å². The summed E-state index contributed by atoms with van der Waals surface area (Å²) in [6.07, 6.45) is 5.45. The Morgan fingerprint density at radius 2 is 1.73 bits per heavy atom. The maximum atomic E-state index is 8.36. The molecular formula is C18H15Cl4N3O4S. The van der Waals surface area contributed by atoms with E-state index in [1.165, 1.54) is 0 Å². The molecule has 0 saturated heterocycles. The standard InChI is InChI=1S/C18H14Cl4N2OS.HNO3/c19-15-3-1-12(7-17(15)21)25-10-14(9-24-6-5-23-11-24)26-13-2-4-16(20)18(22)8-13;2-1(3)4/h1-8,11,14H,9-10H2;(H,2,3,4). The lowest BCUT2D eigenvalue weighted by atomic mass is 10.3. The van der Waals surface area contributed by atoms with E-state index < -0.39 is 5.09 Å². The van der Waals surface area contributed by atoms with E-state index in [1.54, 1.807) is 48.6 Å². The molecule has 0 aliphatic carbocycles. The molecule has 7 nitrogen and oxygen atoms in total. The Bertz CT molecular complexity index is 972. The zero-order chi connectivity index (χ0) is 22.1. The number of rotatable bonds is 7. The second kappa shape index (κ2) is 12.1. The smallest absolute Gasteiger partial charge is 0.291 e. The van der Waals surface area contributed by atoms with Crippen LogP contribution in [-0.4, -0.2) is 31.7 Å². The summed E-state index contributed by atoms with van der Waals surface area (Å²) in [6, 6.07) is 10.8. The molecular weight excluding hydrogens is 496 g/mol. The molecule has 1 aromatic heterocycles. The highest BCUT2D eigenvalue weighted by molar-refractivity contribution is 8.00. The number of nitrogens with zero attached hydrogens (tertiary/aromatic N) is 3. The summed E-state index contributed by atoms with van der Waals surface area (Å²) in [4.78, 5) is 13.5. The maximum absolute atomic E-state index is 8.36. The Labute approximate surface area is 196 Å². The van der Waals surface area contributed by atoms with Gasteiger partial charge in [-0.2, -0.15) is 0 Å². The lowest BCUT2D eigenvalue weighted by molar-refractivity contribution is -0.742. The number of ether oxygens (including phenoxy) is 1. The largest absolute Gasteiger partial charge is 0.492 e. The summed E-state index contributed by atoms with van der Waals surface area (Å²) < 4.78 is 7.93. The fourth-order valence-electron chi connectivity index (χ4n) is 2.25. The van der Waals surface area contributed by atoms with Crippen molar-refractivity contribution >= 4 is 58.2 Å². The van der Waals surface area contributed by atoms with E-state index in [-0.39, 0.29) is 5.25 Å². The summed E-state index contributed by atoms with van der Waals surface area (Å²) in [6.45, 7) is 1.20. The quantitative estimate of drug-likeness (QED) is 0.225. The summed E-state index contributed by atoms with van der Waals surface area (Å²) in [5, 5.41) is 15.8. The van der Waals surface area contributed by atoms with E-state index in [0.717, 1.165) is 11.4 Å². The minimum Gasteiger partial charge on any atom is -0.492 e. The summed E-state index contributed by atoms with van der Waals surface area (Å²) in [5.74, 6) is 0.671. The van der Waals surface area contributed by atoms with Gasteiger partial charge in [0.2, 0.25) is 0 Å². The van der Waals surface area contributed by atoms with Crippen LogP contribution < -0.4 is 4.74 Å². The van der Waals surface area contributed by atoms with Crippen molar-refractivity contribution in [2.24, 2.45) is 0 Å². The molecule has 1 atom stereocenters. The molecule has 1 unspecified atom stereocenters. The third-order valence-electron chi connectivity index (χ3n) is 3.49. The zero-order valence-corrected chi connectivity index (χ0v) is 19.0. The SMILES string of the molecule is Clc1ccc(OCC(Cn2ccnc2)Sc2ccc(Cl)c(Cl)c2)cc1Cl.O=[N+]([O-])O. The molecule has 0 aliphatic heterocycles. The first kappa shape index (κ1) is 24.4. The molecule has 1 heterocycles. The van der Waals surface area contributed by atoms with Gasteiger partial charge in [0.25, 0.3) is 5.09 Å². The van der Waals surface area contributed by atoms with Crippen LogP contribution in [0.4, 0.5) is 0 Å². The number of benzene rings is 2. The fraction of sp³-hybridized carbons (Fsp3) is 0.167. The van der Waals surface area contributed by atoms with Crippen molar-refractivity contribution in [2.45, 2.75) is 16.7 Å². The maximum Gasteiger partial charge on any atom is 0.291 e. The molecule has 30 heavy (non-hydrogen) atoms. The van der Waals surface area contributed by atoms with Gasteiger partial charge in [0.05, 0.1) is 31.7 Å². The molecule has 0 aliphatic rings. The molecule has 0 amide bonds. The topological polar surface area (TPSA) is 90.4 Å². The fourth-order valence-corrected chi connectivity index (χ4v) is 4.00. The molecule has 0 fully saturated rings. The molecule has 0 saturated carbocycles. The van der Waals surface area contributed by atoms with Gasteiger partial charge in [-0.05, 0) is 30.3 Å². The normalized spacial score (nSPS) is 11.3. The van der Waals surface area contributed by atoms with Crippen molar-refractivity contribution in [3.8, 4) is 5.75 Å². The minimum atomic E-state index is -1.50. The van der Waals surface area contributed by atoms with Gasteiger partial charge in [-0.1, -0.05) is 46.4 Å². The van der Waals surface area contributed by atoms with Crippen molar-refractivity contribution in [3.63, 3.8) is 0 Å². The first-order chi connectivity index (χ1) is 14.2. The lowest BCUT2D eigenvalue weighted by Crippen LogP contribution is -2.20. The number of imidazole rings is 1. The van der Waals surface area contributed by atoms with Crippen LogP contribution in [0.2, 0.25) is 20.1 Å². The third-order valence-corrected chi connectivity index (χ3v) is 6.12. The Hall–Kier alpha value is -1.84. The van der Waals surface area contributed by atoms with Gasteiger partial charge in [-0.25, -0.2) is 4.98 Å². The minimum absolute atomic E-state index is 0.121. The molecule has 1 N–H and O–H groups in total. The van der Waals surface area contributed by atoms with Crippen LogP contribution in [-0.2, 0) is 6.54 Å². The van der Waals surface area contributed by atoms with Crippen LogP contribution in [0.5, 0.6) is 5.75 Å². The summed E-state index contributed by atoms with van der Waals surface area (Å²) in [7, 11) is 0. The van der Waals surface area contributed by atoms with Crippen molar-refractivity contribution in [3.05, 3.63) is 85.3 Å². The first-order valence-electron chi connectivity index (χ1n) is 8.23. The molecule has 160 valence electrons. The van der Waals surface area contributed by atoms with E-state index in [4.69, 9.17) is 66.5 Å². The van der Waals surface area contributed by atoms with E-state index in [9.17, 15) is 0 Å². The first-order valence-corrected chi connectivity index (χ1v) is 10.6. The zero-order valence-electron chi connectivity index (χ0n) is 15.1. The Kier molecular flexibility index (Phi) is 9.87. The number of hydrogen-bond acceptors (Lipinski definition) is 5. The summed E-state index contributed by atoms with van der Waals surface area (Å²) >= 11 is 25.8. The molecule has 2 aromatic carbocycles. The number of aromatic nitrogens is 2. The van der Waals surface area contributed by atoms with Crippen LogP contribution in [0.1, 0.15) is 0 Å². The van der Waals surface area contributed by atoms with E-state index in [0.29, 0.717) is 32.4 Å². The monoisotopic (exact) mass is 509 g/mol. The van der Waals surface area contributed by atoms with Gasteiger partial charge in [0, 0.05) is 29.9 Å². The molecule has 12 heteroatoms. The number of halogens is 4. The molecule has 3 aromatic rings. The third kappa shape index (κ3) is 8.49. The molecule has 0 spiro atoms. The second-order valence-corrected chi connectivity index (χ2v) is 8.70. The predicted octanol–water partition coefficient (Wildman–Crippen LogP) is 6.39. The van der Waals surface area contributed by atoms with E-state index in [2.05, 4.69) is 4.98 Å². The van der Waals surface area contributed by atoms with Crippen LogP contribution in [0.15, 0.2) is 60.0 Å². The van der Waals surface area contributed by atoms with Crippen LogP contribution >= 0.6 is 58.2 Å². The Balaban J connectivity index is 0.000000735. The highest BCUT2D eigenvalue weighted by atomic mass is 35.5. The van der Waals surface area contributed by atoms with Crippen LogP contribution in [0.3, 0.4) is 0 Å². The highest BCUT2D eigenvalue weighted by Gasteiger charge is 2.14. The van der Waals surface area contributed by atoms with Gasteiger partial charge in [-0.15, -0.1) is 21.9 Å². The molecule has 0 bridgehead atoms. The molecule has 0 radical (unpaired) electrons. The van der Waals surface area contributed by atoms with Crippen LogP contribution in [0, 0.1) is 10.1 Å². The van der Waals surface area contributed by atoms with Crippen LogP contribution in [0.25, 0.3) is 0 Å². The number of thioether (sulfide) groups is 1. The summed E-state index contributed by atoms with van der Waals surface area (Å²) in [5.41, 5.74) is 0. The molecule has 3 rings (SSSR count). The van der Waals surface area contributed by atoms with Crippen molar-refractivity contribution in [1.82, 2.24) is 9.55 Å². The van der Waals surface area contributed by atoms with E-state index >= 15 is 0 Å². The van der Waals surface area contributed by atoms with Gasteiger partial charge in [-0.3, -0.25) is 0 Å². The van der Waals surface area contributed by atoms with Crippen molar-refractivity contribution in [1.29, 1.82) is 0 Å². The predicted molar refractivity (Wildman–Crippen MR) is 119 cm³/mol. The van der Waals surface area contributed by atoms with Gasteiger partial charge in [0.15, 0.2) is 0 Å². The average Bonchev–Trinajstić information content (AvgIpc) is 3.18. The Morgan fingerprint density at radius 1 is 1.10 bits per heavy atom. The number of hydrogen-bond donors (Lipinski definition) is 1. The van der Waals surface area contributed by atoms with E-state index in [1.807, 2.05) is 22.9 Å². The Morgan fingerprint density at radius 3 is 2.30 bits per heavy atom. The van der Waals surface area contributed by atoms with Crippen molar-refractivity contribution in [2.75, 3.05) is 6.61 Å². The van der Waals surface area contributed by atoms with Gasteiger partial charge in [0.1, 0.15) is 12.4 Å². The lowest BCUT2D eigenvalue weighted by Gasteiger charge is -2.18. The second-order valence-electron chi connectivity index (χ2n) is 5.70. The highest BCUT2D eigenvalue weighted by Crippen LogP contribution is 2.32. The average molecular weight is 511 g/mol. The van der Waals surface area contributed by atoms with Gasteiger partial charge >= 0.3 is 0 Å². The van der Waals surface area contributed by atoms with Crippen molar-refractivity contribution < 1.29 is 15.0 Å².